The van der Waals surface area contributed by atoms with Gasteiger partial charge in [-0.25, -0.2) is 5.43 Å². The van der Waals surface area contributed by atoms with Crippen LogP contribution in [0.15, 0.2) is 82.3 Å². The first-order valence-corrected chi connectivity index (χ1v) is 9.70. The molecule has 5 heteroatoms. The molecule has 0 fully saturated rings. The molecular weight excluding hydrogens is 376 g/mol. The third-order valence-electron chi connectivity index (χ3n) is 4.86. The Morgan fingerprint density at radius 1 is 1.03 bits per heavy atom. The topological polar surface area (TPSA) is 74.8 Å². The lowest BCUT2D eigenvalue weighted by molar-refractivity contribution is 0.0954. The van der Waals surface area contributed by atoms with Gasteiger partial charge in [0.15, 0.2) is 0 Å². The first-order valence-electron chi connectivity index (χ1n) is 9.70. The number of benzene rings is 3. The normalized spacial score (nSPS) is 11.6. The van der Waals surface area contributed by atoms with E-state index in [2.05, 4.69) is 10.5 Å². The minimum absolute atomic E-state index is 0.213. The van der Waals surface area contributed by atoms with Gasteiger partial charge in [0.25, 0.3) is 5.91 Å². The summed E-state index contributed by atoms with van der Waals surface area (Å²) in [6, 6.07) is 22.3. The predicted octanol–water partition coefficient (Wildman–Crippen LogP) is 5.46. The maximum Gasteiger partial charge on any atom is 0.271 e. The molecule has 150 valence electrons. The molecule has 0 radical (unpaired) electrons. The number of hydrogen-bond acceptors (Lipinski definition) is 4. The number of carbonyl (C=O) groups excluding carboxylic acids is 1. The Morgan fingerprint density at radius 2 is 1.83 bits per heavy atom. The fourth-order valence-corrected chi connectivity index (χ4v) is 3.40. The minimum Gasteiger partial charge on any atom is -0.507 e. The van der Waals surface area contributed by atoms with E-state index in [0.717, 1.165) is 39.1 Å². The van der Waals surface area contributed by atoms with E-state index in [1.54, 1.807) is 18.2 Å². The highest BCUT2D eigenvalue weighted by molar-refractivity contribution is 5.95. The molecule has 0 saturated heterocycles. The third kappa shape index (κ3) is 4.25. The van der Waals surface area contributed by atoms with Gasteiger partial charge in [-0.2, -0.15) is 5.10 Å². The van der Waals surface area contributed by atoms with Crippen LogP contribution in [0.1, 0.15) is 28.6 Å². The second kappa shape index (κ2) is 8.25. The van der Waals surface area contributed by atoms with Gasteiger partial charge in [-0.1, -0.05) is 30.3 Å². The number of fused-ring (bicyclic) bond motifs is 1. The standard InChI is InChI=1S/C25H22N2O3/c1-16(26-27-25(29)19-6-4-3-5-7-19)12-18-8-10-23(28)22(14-18)20-9-11-24-21(15-20)13-17(2)30-24/h3-11,13-15,28H,12H2,1-2H3,(H,27,29). The molecule has 1 amide bonds. The molecule has 30 heavy (non-hydrogen) atoms. The summed E-state index contributed by atoms with van der Waals surface area (Å²) in [5.74, 6) is 0.819. The number of aromatic hydroxyl groups is 1. The van der Waals surface area contributed by atoms with Crippen molar-refractivity contribution in [2.75, 3.05) is 0 Å². The molecule has 0 unspecified atom stereocenters. The maximum atomic E-state index is 12.1. The van der Waals surface area contributed by atoms with E-state index < -0.39 is 0 Å². The maximum absolute atomic E-state index is 12.1. The van der Waals surface area contributed by atoms with Crippen LogP contribution in [-0.2, 0) is 6.42 Å². The summed E-state index contributed by atoms with van der Waals surface area (Å²) < 4.78 is 5.63. The smallest absolute Gasteiger partial charge is 0.271 e. The molecule has 0 aliphatic rings. The average Bonchev–Trinajstić information content (AvgIpc) is 3.13. The average molecular weight is 398 g/mol. The molecule has 4 aromatic rings. The molecule has 0 spiro atoms. The second-order valence-electron chi connectivity index (χ2n) is 7.29. The van der Waals surface area contributed by atoms with Crippen molar-refractivity contribution < 1.29 is 14.3 Å². The summed E-state index contributed by atoms with van der Waals surface area (Å²) in [4.78, 5) is 12.1. The highest BCUT2D eigenvalue weighted by Crippen LogP contribution is 2.33. The molecule has 1 aromatic heterocycles. The fraction of sp³-hybridized carbons (Fsp3) is 0.120. The number of nitrogens with one attached hydrogen (secondary N) is 1. The summed E-state index contributed by atoms with van der Waals surface area (Å²) in [7, 11) is 0. The van der Waals surface area contributed by atoms with Crippen LogP contribution in [0.5, 0.6) is 5.75 Å². The predicted molar refractivity (Wildman–Crippen MR) is 119 cm³/mol. The Labute approximate surface area is 174 Å². The summed E-state index contributed by atoms with van der Waals surface area (Å²) in [6.45, 7) is 3.77. The van der Waals surface area contributed by atoms with Gasteiger partial charge in [0.05, 0.1) is 0 Å². The zero-order valence-corrected chi connectivity index (χ0v) is 16.8. The Bertz CT molecular complexity index is 1240. The number of aryl methyl sites for hydroxylation is 1. The number of phenols is 1. The van der Waals surface area contributed by atoms with Crippen LogP contribution in [0, 0.1) is 6.92 Å². The van der Waals surface area contributed by atoms with E-state index in [9.17, 15) is 9.90 Å². The molecule has 5 nitrogen and oxygen atoms in total. The summed E-state index contributed by atoms with van der Waals surface area (Å²) in [5.41, 5.74) is 7.38. The van der Waals surface area contributed by atoms with Crippen molar-refractivity contribution >= 4 is 22.6 Å². The van der Waals surface area contributed by atoms with E-state index in [1.807, 2.05) is 68.4 Å². The zero-order chi connectivity index (χ0) is 21.1. The molecule has 0 aliphatic carbocycles. The van der Waals surface area contributed by atoms with Gasteiger partial charge in [0.2, 0.25) is 0 Å². The van der Waals surface area contributed by atoms with Gasteiger partial charge in [-0.05, 0) is 67.4 Å². The largest absolute Gasteiger partial charge is 0.507 e. The molecule has 3 aromatic carbocycles. The Morgan fingerprint density at radius 3 is 2.63 bits per heavy atom. The lowest BCUT2D eigenvalue weighted by atomic mass is 9.99. The molecular formula is C25H22N2O3. The van der Waals surface area contributed by atoms with E-state index in [1.165, 1.54) is 0 Å². The van der Waals surface area contributed by atoms with E-state index >= 15 is 0 Å². The van der Waals surface area contributed by atoms with Gasteiger partial charge in [0.1, 0.15) is 17.1 Å². The Hall–Kier alpha value is -3.86. The van der Waals surface area contributed by atoms with Crippen LogP contribution in [0.2, 0.25) is 0 Å². The number of hydrazone groups is 1. The van der Waals surface area contributed by atoms with E-state index in [4.69, 9.17) is 4.42 Å². The number of nitrogens with zero attached hydrogens (tertiary/aromatic N) is 1. The van der Waals surface area contributed by atoms with Crippen LogP contribution in [0.4, 0.5) is 0 Å². The van der Waals surface area contributed by atoms with Crippen molar-refractivity contribution in [1.82, 2.24) is 5.43 Å². The van der Waals surface area contributed by atoms with Gasteiger partial charge in [0, 0.05) is 28.6 Å². The first-order chi connectivity index (χ1) is 14.5. The monoisotopic (exact) mass is 398 g/mol. The molecule has 0 bridgehead atoms. The number of amides is 1. The first kappa shape index (κ1) is 19.5. The zero-order valence-electron chi connectivity index (χ0n) is 16.8. The summed E-state index contributed by atoms with van der Waals surface area (Å²) in [6.07, 6.45) is 0.551. The van der Waals surface area contributed by atoms with Crippen LogP contribution in [0.25, 0.3) is 22.1 Å². The number of phenolic OH excluding ortho intramolecular Hbond substituents is 1. The molecule has 4 rings (SSSR count). The van der Waals surface area contributed by atoms with Crippen LogP contribution >= 0.6 is 0 Å². The van der Waals surface area contributed by atoms with Crippen molar-refractivity contribution in [3.05, 3.63) is 89.7 Å². The second-order valence-corrected chi connectivity index (χ2v) is 7.29. The Balaban J connectivity index is 1.53. The fourth-order valence-electron chi connectivity index (χ4n) is 3.40. The lowest BCUT2D eigenvalue weighted by Crippen LogP contribution is -2.19. The SMILES string of the molecule is CC(Cc1ccc(O)c(-c2ccc3oc(C)cc3c2)c1)=NNC(=O)c1ccccc1. The summed E-state index contributed by atoms with van der Waals surface area (Å²) in [5, 5.41) is 15.6. The van der Waals surface area contributed by atoms with Gasteiger partial charge in [-0.15, -0.1) is 0 Å². The molecule has 1 heterocycles. The highest BCUT2D eigenvalue weighted by Gasteiger charge is 2.10. The van der Waals surface area contributed by atoms with Gasteiger partial charge in [-0.3, -0.25) is 4.79 Å². The van der Waals surface area contributed by atoms with Crippen LogP contribution in [-0.4, -0.2) is 16.7 Å². The van der Waals surface area contributed by atoms with Crippen molar-refractivity contribution in [1.29, 1.82) is 0 Å². The Kier molecular flexibility index (Phi) is 5.35. The van der Waals surface area contributed by atoms with Crippen molar-refractivity contribution in [3.63, 3.8) is 0 Å². The number of carbonyl (C=O) groups is 1. The number of furan rings is 1. The minimum atomic E-state index is -0.245. The van der Waals surface area contributed by atoms with Crippen molar-refractivity contribution in [2.24, 2.45) is 5.10 Å². The lowest BCUT2D eigenvalue weighted by Gasteiger charge is -2.09. The number of hydrogen-bond donors (Lipinski definition) is 2. The van der Waals surface area contributed by atoms with Crippen molar-refractivity contribution in [2.45, 2.75) is 20.3 Å². The highest BCUT2D eigenvalue weighted by atomic mass is 16.3. The molecule has 0 saturated carbocycles. The van der Waals surface area contributed by atoms with Crippen molar-refractivity contribution in [3.8, 4) is 16.9 Å². The molecule has 0 atom stereocenters. The van der Waals surface area contributed by atoms with E-state index in [-0.39, 0.29) is 11.7 Å². The van der Waals surface area contributed by atoms with Crippen LogP contribution in [0.3, 0.4) is 0 Å². The van der Waals surface area contributed by atoms with E-state index in [0.29, 0.717) is 12.0 Å². The number of rotatable bonds is 5. The van der Waals surface area contributed by atoms with Gasteiger partial charge < -0.3 is 9.52 Å². The van der Waals surface area contributed by atoms with Crippen LogP contribution < -0.4 is 5.43 Å². The van der Waals surface area contributed by atoms with Gasteiger partial charge >= 0.3 is 0 Å². The third-order valence-corrected chi connectivity index (χ3v) is 4.86. The molecule has 0 aliphatic heterocycles. The molecule has 2 N–H and O–H groups in total. The summed E-state index contributed by atoms with van der Waals surface area (Å²) >= 11 is 0. The quantitative estimate of drug-likeness (QED) is 0.346.